The number of aliphatic hydroxyl groups is 1. The number of carbonyl (C=O) groups excluding carboxylic acids is 2. The van der Waals surface area contributed by atoms with Gasteiger partial charge in [0.05, 0.1) is 18.3 Å². The van der Waals surface area contributed by atoms with Gasteiger partial charge in [0.25, 0.3) is 5.91 Å². The number of halogens is 2. The lowest BCUT2D eigenvalue weighted by Crippen LogP contribution is -2.75. The lowest BCUT2D eigenvalue weighted by atomic mass is 9.47. The second-order valence-corrected chi connectivity index (χ2v) is 11.1. The summed E-state index contributed by atoms with van der Waals surface area (Å²) < 4.78 is 27.8. The van der Waals surface area contributed by atoms with Crippen molar-refractivity contribution in [1.82, 2.24) is 20.9 Å². The van der Waals surface area contributed by atoms with Gasteiger partial charge in [0.2, 0.25) is 11.8 Å². The number of hydrogen-bond donors (Lipinski definition) is 5. The van der Waals surface area contributed by atoms with Crippen LogP contribution in [0.3, 0.4) is 0 Å². The average molecular weight is 559 g/mol. The van der Waals surface area contributed by atoms with Gasteiger partial charge in [-0.3, -0.25) is 14.6 Å². The van der Waals surface area contributed by atoms with Crippen molar-refractivity contribution in [3.63, 3.8) is 0 Å². The smallest absolute Gasteiger partial charge is 0.405 e. The molecular weight excluding hydrogens is 522 g/mol. The van der Waals surface area contributed by atoms with Gasteiger partial charge in [-0.1, -0.05) is 43.3 Å². The molecule has 1 heterocycles. The van der Waals surface area contributed by atoms with Crippen LogP contribution >= 0.6 is 0 Å². The van der Waals surface area contributed by atoms with E-state index in [1.807, 2.05) is 6.07 Å². The molecule has 9 nitrogen and oxygen atoms in total. The standard InChI is InChI=1S/C29H36F2N4O5/c1-27(20-10-12-28(30,31)13-11-20)14-15-29(27,35-26(39)40)25(38)34-22(17-19-7-3-2-4-8-19)23(36)24(37)33-18-21-9-5-6-16-32-21/h2-9,16,20,22-23,35-36H,10-15,17-18H2,1H3,(H,33,37)(H,34,38)(H,39,40)/t22-,23+,27?,29?/m1/s1. The molecule has 0 bridgehead atoms. The van der Waals surface area contributed by atoms with Gasteiger partial charge in [-0.2, -0.15) is 0 Å². The summed E-state index contributed by atoms with van der Waals surface area (Å²) in [6.07, 6.45) is -1.02. The molecule has 3 amide bonds. The highest BCUT2D eigenvalue weighted by Crippen LogP contribution is 2.59. The highest BCUT2D eigenvalue weighted by atomic mass is 19.3. The maximum absolute atomic E-state index is 13.9. The van der Waals surface area contributed by atoms with Crippen LogP contribution in [0.2, 0.25) is 0 Å². The fourth-order valence-corrected chi connectivity index (χ4v) is 6.19. The summed E-state index contributed by atoms with van der Waals surface area (Å²) in [5.74, 6) is -4.47. The van der Waals surface area contributed by atoms with Gasteiger partial charge in [-0.25, -0.2) is 13.6 Å². The first-order valence-corrected chi connectivity index (χ1v) is 13.6. The summed E-state index contributed by atoms with van der Waals surface area (Å²) in [4.78, 5) is 42.9. The Morgan fingerprint density at radius 1 is 1.02 bits per heavy atom. The SMILES string of the molecule is CC1(C2CCC(F)(F)CC2)CCC1(NC(=O)O)C(=O)N[C@H](Cc1ccccc1)[C@H](O)C(=O)NCc1ccccn1. The number of aromatic nitrogens is 1. The lowest BCUT2D eigenvalue weighted by Gasteiger charge is -2.60. The third kappa shape index (κ3) is 6.24. The molecule has 4 atom stereocenters. The van der Waals surface area contributed by atoms with Crippen LogP contribution in [0, 0.1) is 11.3 Å². The number of hydrogen-bond acceptors (Lipinski definition) is 5. The maximum Gasteiger partial charge on any atom is 0.405 e. The van der Waals surface area contributed by atoms with Gasteiger partial charge in [-0.15, -0.1) is 0 Å². The molecule has 2 aliphatic rings. The Labute approximate surface area is 231 Å². The van der Waals surface area contributed by atoms with E-state index in [2.05, 4.69) is 20.9 Å². The molecule has 4 rings (SSSR count). The molecule has 0 spiro atoms. The van der Waals surface area contributed by atoms with Crippen molar-refractivity contribution in [2.75, 3.05) is 0 Å². The summed E-state index contributed by atoms with van der Waals surface area (Å²) in [5, 5.41) is 28.6. The predicted octanol–water partition coefficient (Wildman–Crippen LogP) is 3.42. The molecule has 2 aromatic rings. The van der Waals surface area contributed by atoms with Gasteiger partial charge < -0.3 is 26.2 Å². The fourth-order valence-electron chi connectivity index (χ4n) is 6.19. The first-order valence-electron chi connectivity index (χ1n) is 13.6. The number of carbonyl (C=O) groups is 3. The minimum atomic E-state index is -2.77. The first kappa shape index (κ1) is 29.4. The second kappa shape index (κ2) is 11.9. The van der Waals surface area contributed by atoms with Gasteiger partial charge >= 0.3 is 6.09 Å². The van der Waals surface area contributed by atoms with Gasteiger partial charge in [0.1, 0.15) is 5.54 Å². The number of nitrogens with one attached hydrogen (secondary N) is 3. The quantitative estimate of drug-likeness (QED) is 0.303. The van der Waals surface area contributed by atoms with E-state index in [4.69, 9.17) is 0 Å². The fraction of sp³-hybridized carbons (Fsp3) is 0.517. The molecule has 2 fully saturated rings. The molecule has 2 aliphatic carbocycles. The molecule has 2 saturated carbocycles. The van der Waals surface area contributed by atoms with Crippen molar-refractivity contribution in [2.24, 2.45) is 11.3 Å². The minimum absolute atomic E-state index is 0.0671. The Morgan fingerprint density at radius 2 is 1.70 bits per heavy atom. The number of rotatable bonds is 10. The van der Waals surface area contributed by atoms with E-state index in [1.54, 1.807) is 55.6 Å². The molecule has 0 radical (unpaired) electrons. The summed E-state index contributed by atoms with van der Waals surface area (Å²) in [5.41, 5.74) is -1.17. The van der Waals surface area contributed by atoms with E-state index in [1.165, 1.54) is 0 Å². The minimum Gasteiger partial charge on any atom is -0.465 e. The topological polar surface area (TPSA) is 141 Å². The normalized spacial score (nSPS) is 25.6. The Balaban J connectivity index is 1.56. The van der Waals surface area contributed by atoms with Crippen molar-refractivity contribution >= 4 is 17.9 Å². The number of benzene rings is 1. The van der Waals surface area contributed by atoms with E-state index < -0.39 is 46.9 Å². The zero-order chi connectivity index (χ0) is 29.0. The van der Waals surface area contributed by atoms with Crippen molar-refractivity contribution in [1.29, 1.82) is 0 Å². The van der Waals surface area contributed by atoms with Crippen molar-refractivity contribution in [3.8, 4) is 0 Å². The van der Waals surface area contributed by atoms with Crippen LogP contribution in [0.5, 0.6) is 0 Å². The Morgan fingerprint density at radius 3 is 2.27 bits per heavy atom. The molecule has 40 heavy (non-hydrogen) atoms. The van der Waals surface area contributed by atoms with E-state index in [9.17, 15) is 33.4 Å². The number of nitrogens with zero attached hydrogens (tertiary/aromatic N) is 1. The largest absolute Gasteiger partial charge is 0.465 e. The van der Waals surface area contributed by atoms with Crippen molar-refractivity contribution in [2.45, 2.75) is 82.0 Å². The average Bonchev–Trinajstić information content (AvgIpc) is 2.93. The Kier molecular flexibility index (Phi) is 8.72. The van der Waals surface area contributed by atoms with E-state index in [0.29, 0.717) is 12.1 Å². The third-order valence-corrected chi connectivity index (χ3v) is 8.75. The molecule has 216 valence electrons. The van der Waals surface area contributed by atoms with Crippen LogP contribution in [0.25, 0.3) is 0 Å². The zero-order valence-electron chi connectivity index (χ0n) is 22.4. The summed E-state index contributed by atoms with van der Waals surface area (Å²) >= 11 is 0. The molecule has 2 unspecified atom stereocenters. The lowest BCUT2D eigenvalue weighted by molar-refractivity contribution is -0.156. The predicted molar refractivity (Wildman–Crippen MR) is 142 cm³/mol. The molecule has 1 aromatic carbocycles. The number of alkyl halides is 2. The highest BCUT2D eigenvalue weighted by molar-refractivity contribution is 5.93. The number of aliphatic hydroxyl groups excluding tert-OH is 1. The first-order chi connectivity index (χ1) is 19.0. The number of amides is 3. The Bertz CT molecular complexity index is 1190. The van der Waals surface area contributed by atoms with E-state index >= 15 is 0 Å². The molecule has 0 aliphatic heterocycles. The molecule has 1 aromatic heterocycles. The van der Waals surface area contributed by atoms with Crippen LogP contribution in [0.1, 0.15) is 56.7 Å². The second-order valence-electron chi connectivity index (χ2n) is 11.1. The van der Waals surface area contributed by atoms with Crippen LogP contribution in [0.15, 0.2) is 54.7 Å². The summed E-state index contributed by atoms with van der Waals surface area (Å²) in [6, 6.07) is 13.1. The molecule has 5 N–H and O–H groups in total. The number of pyridine rings is 1. The summed E-state index contributed by atoms with van der Waals surface area (Å²) in [7, 11) is 0. The van der Waals surface area contributed by atoms with Crippen molar-refractivity contribution < 1.29 is 33.4 Å². The molecular formula is C29H36F2N4O5. The third-order valence-electron chi connectivity index (χ3n) is 8.75. The maximum atomic E-state index is 13.9. The zero-order valence-corrected chi connectivity index (χ0v) is 22.4. The van der Waals surface area contributed by atoms with E-state index in [0.717, 1.165) is 5.56 Å². The van der Waals surface area contributed by atoms with Crippen LogP contribution in [0.4, 0.5) is 13.6 Å². The number of carboxylic acid groups (broad SMARTS) is 1. The molecule has 11 heteroatoms. The van der Waals surface area contributed by atoms with Gasteiger partial charge in [-0.05, 0) is 55.7 Å². The van der Waals surface area contributed by atoms with E-state index in [-0.39, 0.29) is 51.0 Å². The van der Waals surface area contributed by atoms with Crippen molar-refractivity contribution in [3.05, 3.63) is 66.0 Å². The molecule has 0 saturated heterocycles. The van der Waals surface area contributed by atoms with Crippen LogP contribution in [-0.2, 0) is 22.6 Å². The Hall–Kier alpha value is -3.60. The summed E-state index contributed by atoms with van der Waals surface area (Å²) in [6.45, 7) is 1.83. The monoisotopic (exact) mass is 558 g/mol. The van der Waals surface area contributed by atoms with Gasteiger partial charge in [0, 0.05) is 24.5 Å². The van der Waals surface area contributed by atoms with Gasteiger partial charge in [0.15, 0.2) is 6.10 Å². The van der Waals surface area contributed by atoms with Crippen LogP contribution in [-0.4, -0.2) is 56.7 Å². The van der Waals surface area contributed by atoms with Crippen LogP contribution < -0.4 is 16.0 Å². The highest BCUT2D eigenvalue weighted by Gasteiger charge is 2.65.